The van der Waals surface area contributed by atoms with Gasteiger partial charge >= 0.3 is 0 Å². The van der Waals surface area contributed by atoms with Crippen LogP contribution in [0.15, 0.2) is 58.9 Å². The van der Waals surface area contributed by atoms with Crippen molar-refractivity contribution in [1.29, 1.82) is 0 Å². The van der Waals surface area contributed by atoms with Gasteiger partial charge in [-0.15, -0.1) is 10.2 Å². The number of halogens is 1. The van der Waals surface area contributed by atoms with Gasteiger partial charge < -0.3 is 4.74 Å². The highest BCUT2D eigenvalue weighted by molar-refractivity contribution is 8.00. The highest BCUT2D eigenvalue weighted by atomic mass is 32.2. The molecule has 8 heteroatoms. The molecule has 5 nitrogen and oxygen atoms in total. The Labute approximate surface area is 164 Å². The third-order valence-electron chi connectivity index (χ3n) is 3.43. The molecule has 1 N–H and O–H groups in total. The fraction of sp³-hybridized carbons (Fsp3) is 0.105. The van der Waals surface area contributed by atoms with Crippen LogP contribution in [0.25, 0.3) is 6.08 Å². The summed E-state index contributed by atoms with van der Waals surface area (Å²) in [5.41, 5.74) is 1.85. The Hall–Kier alpha value is -2.71. The second-order valence-corrected chi connectivity index (χ2v) is 7.59. The molecule has 0 spiro atoms. The summed E-state index contributed by atoms with van der Waals surface area (Å²) in [6, 6.07) is 13.7. The van der Waals surface area contributed by atoms with Crippen molar-refractivity contribution < 1.29 is 13.9 Å². The topological polar surface area (TPSA) is 64.1 Å². The minimum atomic E-state index is -0.288. The lowest BCUT2D eigenvalue weighted by Gasteiger charge is -2.00. The van der Waals surface area contributed by atoms with Crippen molar-refractivity contribution in [2.24, 2.45) is 0 Å². The Kier molecular flexibility index (Phi) is 6.56. The van der Waals surface area contributed by atoms with Crippen LogP contribution in [0.2, 0.25) is 0 Å². The molecule has 3 aromatic rings. The predicted octanol–water partition coefficient (Wildman–Crippen LogP) is 4.63. The molecule has 0 unspecified atom stereocenters. The van der Waals surface area contributed by atoms with Crippen LogP contribution < -0.4 is 10.1 Å². The zero-order valence-corrected chi connectivity index (χ0v) is 16.0. The quantitative estimate of drug-likeness (QED) is 0.355. The molecule has 3 rings (SSSR count). The summed E-state index contributed by atoms with van der Waals surface area (Å²) in [6.07, 6.45) is 3.13. The first kappa shape index (κ1) is 19.1. The number of nitrogens with one attached hydrogen (secondary N) is 1. The molecule has 0 aliphatic heterocycles. The average Bonchev–Trinajstić information content (AvgIpc) is 3.13. The summed E-state index contributed by atoms with van der Waals surface area (Å²) in [6.45, 7) is 0. The smallest absolute Gasteiger partial charge is 0.250 e. The Bertz CT molecular complexity index is 942. The predicted molar refractivity (Wildman–Crippen MR) is 107 cm³/mol. The number of aromatic nitrogens is 2. The fourth-order valence-electron chi connectivity index (χ4n) is 2.11. The van der Waals surface area contributed by atoms with Crippen molar-refractivity contribution in [3.05, 3.63) is 71.6 Å². The molecular weight excluding hydrogens is 385 g/mol. The molecule has 0 atom stereocenters. The lowest BCUT2D eigenvalue weighted by atomic mass is 10.2. The molecule has 0 saturated carbocycles. The van der Waals surface area contributed by atoms with Gasteiger partial charge in [0.15, 0.2) is 4.34 Å². The summed E-state index contributed by atoms with van der Waals surface area (Å²) in [7, 11) is 1.59. The van der Waals surface area contributed by atoms with Gasteiger partial charge in [0.25, 0.3) is 0 Å². The van der Waals surface area contributed by atoms with E-state index in [1.165, 1.54) is 41.3 Å². The van der Waals surface area contributed by atoms with Gasteiger partial charge in [-0.3, -0.25) is 10.1 Å². The van der Waals surface area contributed by atoms with Crippen molar-refractivity contribution >= 4 is 40.2 Å². The average molecular weight is 401 g/mol. The zero-order chi connectivity index (χ0) is 19.1. The number of thioether (sulfide) groups is 1. The maximum absolute atomic E-state index is 12.9. The monoisotopic (exact) mass is 401 g/mol. The largest absolute Gasteiger partial charge is 0.497 e. The number of carbonyl (C=O) groups is 1. The van der Waals surface area contributed by atoms with Gasteiger partial charge in [0, 0.05) is 11.8 Å². The van der Waals surface area contributed by atoms with E-state index in [2.05, 4.69) is 15.5 Å². The standard InChI is InChI=1S/C19H16FN3O2S2/c1-25-16-4-2-3-13(11-16)7-10-17(24)21-18-22-23-19(27-18)26-12-14-5-8-15(20)9-6-14/h2-11H,12H2,1H3,(H,21,22,24)/b10-7+. The van der Waals surface area contributed by atoms with E-state index >= 15 is 0 Å². The van der Waals surface area contributed by atoms with E-state index in [0.717, 1.165) is 21.2 Å². The number of carbonyl (C=O) groups excluding carboxylic acids is 1. The molecule has 0 saturated heterocycles. The van der Waals surface area contributed by atoms with Gasteiger partial charge in [-0.1, -0.05) is 47.4 Å². The van der Waals surface area contributed by atoms with Crippen LogP contribution in [0, 0.1) is 5.82 Å². The van der Waals surface area contributed by atoms with E-state index in [1.54, 1.807) is 25.3 Å². The van der Waals surface area contributed by atoms with Gasteiger partial charge in [0.1, 0.15) is 11.6 Å². The lowest BCUT2D eigenvalue weighted by molar-refractivity contribution is -0.111. The van der Waals surface area contributed by atoms with Gasteiger partial charge in [-0.2, -0.15) is 0 Å². The number of hydrogen-bond acceptors (Lipinski definition) is 6. The van der Waals surface area contributed by atoms with Crippen molar-refractivity contribution in [2.45, 2.75) is 10.1 Å². The first-order valence-electron chi connectivity index (χ1n) is 7.96. The first-order chi connectivity index (χ1) is 13.1. The SMILES string of the molecule is COc1cccc(/C=C/C(=O)Nc2nnc(SCc3ccc(F)cc3)s2)c1. The van der Waals surface area contributed by atoms with Crippen molar-refractivity contribution in [2.75, 3.05) is 12.4 Å². The Morgan fingerprint density at radius 1 is 1.26 bits per heavy atom. The number of anilines is 1. The molecule has 0 bridgehead atoms. The van der Waals surface area contributed by atoms with Gasteiger partial charge in [-0.05, 0) is 41.5 Å². The van der Waals surface area contributed by atoms with E-state index < -0.39 is 0 Å². The van der Waals surface area contributed by atoms with Crippen molar-refractivity contribution in [1.82, 2.24) is 10.2 Å². The Balaban J connectivity index is 1.52. The number of ether oxygens (including phenoxy) is 1. The minimum absolute atomic E-state index is 0.258. The highest BCUT2D eigenvalue weighted by Crippen LogP contribution is 2.28. The normalized spacial score (nSPS) is 10.9. The van der Waals surface area contributed by atoms with E-state index in [9.17, 15) is 9.18 Å². The third kappa shape index (κ3) is 5.90. The molecule has 27 heavy (non-hydrogen) atoms. The molecule has 0 aliphatic rings. The summed E-state index contributed by atoms with van der Waals surface area (Å²) >= 11 is 2.77. The van der Waals surface area contributed by atoms with Crippen LogP contribution in [-0.4, -0.2) is 23.2 Å². The van der Waals surface area contributed by atoms with Crippen molar-refractivity contribution in [3.8, 4) is 5.75 Å². The van der Waals surface area contributed by atoms with E-state index in [1.807, 2.05) is 24.3 Å². The van der Waals surface area contributed by atoms with Crippen LogP contribution in [-0.2, 0) is 10.5 Å². The number of nitrogens with zero attached hydrogens (tertiary/aromatic N) is 2. The molecule has 1 aromatic heterocycles. The van der Waals surface area contributed by atoms with Crippen LogP contribution in [0.3, 0.4) is 0 Å². The summed E-state index contributed by atoms with van der Waals surface area (Å²) in [5, 5.41) is 11.1. The molecule has 1 heterocycles. The molecular formula is C19H16FN3O2S2. The summed E-state index contributed by atoms with van der Waals surface area (Å²) in [5.74, 6) is 0.832. The lowest BCUT2D eigenvalue weighted by Crippen LogP contribution is -2.07. The second-order valence-electron chi connectivity index (χ2n) is 5.39. The fourth-order valence-corrected chi connectivity index (χ4v) is 3.82. The van der Waals surface area contributed by atoms with E-state index in [0.29, 0.717) is 10.9 Å². The Morgan fingerprint density at radius 3 is 2.85 bits per heavy atom. The van der Waals surface area contributed by atoms with Crippen LogP contribution in [0.5, 0.6) is 5.75 Å². The maximum Gasteiger partial charge on any atom is 0.250 e. The second kappa shape index (κ2) is 9.29. The van der Waals surface area contributed by atoms with Gasteiger partial charge in [0.2, 0.25) is 11.0 Å². The number of benzene rings is 2. The molecule has 2 aromatic carbocycles. The number of amides is 1. The van der Waals surface area contributed by atoms with Crippen LogP contribution in [0.1, 0.15) is 11.1 Å². The number of hydrogen-bond donors (Lipinski definition) is 1. The zero-order valence-electron chi connectivity index (χ0n) is 14.4. The molecule has 138 valence electrons. The molecule has 0 aliphatic carbocycles. The maximum atomic E-state index is 12.9. The van der Waals surface area contributed by atoms with Crippen LogP contribution in [0.4, 0.5) is 9.52 Å². The van der Waals surface area contributed by atoms with E-state index in [-0.39, 0.29) is 11.7 Å². The summed E-state index contributed by atoms with van der Waals surface area (Å²) in [4.78, 5) is 12.0. The van der Waals surface area contributed by atoms with Crippen molar-refractivity contribution in [3.63, 3.8) is 0 Å². The third-order valence-corrected chi connectivity index (χ3v) is 5.48. The Morgan fingerprint density at radius 2 is 2.07 bits per heavy atom. The van der Waals surface area contributed by atoms with Gasteiger partial charge in [0.05, 0.1) is 7.11 Å². The van der Waals surface area contributed by atoms with E-state index in [4.69, 9.17) is 4.74 Å². The number of methoxy groups -OCH3 is 1. The number of rotatable bonds is 7. The summed E-state index contributed by atoms with van der Waals surface area (Å²) < 4.78 is 18.8. The first-order valence-corrected chi connectivity index (χ1v) is 9.76. The molecule has 0 radical (unpaired) electrons. The van der Waals surface area contributed by atoms with Gasteiger partial charge in [-0.25, -0.2) is 4.39 Å². The minimum Gasteiger partial charge on any atom is -0.497 e. The molecule has 0 fully saturated rings. The van der Waals surface area contributed by atoms with Crippen LogP contribution >= 0.6 is 23.1 Å². The molecule has 1 amide bonds. The highest BCUT2D eigenvalue weighted by Gasteiger charge is 2.07.